The highest BCUT2D eigenvalue weighted by Crippen LogP contribution is 2.22. The Hall–Kier alpha value is -2.51. The van der Waals surface area contributed by atoms with Gasteiger partial charge >= 0.3 is 5.97 Å². The van der Waals surface area contributed by atoms with Crippen LogP contribution in [0.1, 0.15) is 24.2 Å². The van der Waals surface area contributed by atoms with E-state index in [9.17, 15) is 4.79 Å². The summed E-state index contributed by atoms with van der Waals surface area (Å²) in [4.78, 5) is 11.8. The number of nitrogens with one attached hydrogen (secondary N) is 2. The second-order valence-electron chi connectivity index (χ2n) is 5.90. The Morgan fingerprint density at radius 2 is 1.86 bits per heavy atom. The van der Waals surface area contributed by atoms with Crippen molar-refractivity contribution in [3.63, 3.8) is 0 Å². The highest BCUT2D eigenvalue weighted by Gasteiger charge is 2.12. The molecule has 0 saturated heterocycles. The molecule has 0 bridgehead atoms. The Bertz CT molecular complexity index is 814. The summed E-state index contributed by atoms with van der Waals surface area (Å²) in [6.45, 7) is 4.41. The van der Waals surface area contributed by atoms with Gasteiger partial charge < -0.3 is 24.8 Å². The molecule has 2 aromatic rings. The maximum atomic E-state index is 11.8. The molecule has 0 heterocycles. The van der Waals surface area contributed by atoms with Crippen LogP contribution in [0.5, 0.6) is 11.5 Å². The zero-order valence-corrected chi connectivity index (χ0v) is 17.5. The predicted octanol–water partition coefficient (Wildman–Crippen LogP) is 4.28. The van der Waals surface area contributed by atoms with Crippen LogP contribution in [0.4, 0.5) is 5.69 Å². The Labute approximate surface area is 175 Å². The van der Waals surface area contributed by atoms with Gasteiger partial charge in [0.2, 0.25) is 0 Å². The van der Waals surface area contributed by atoms with Crippen LogP contribution >= 0.6 is 23.8 Å². The maximum absolute atomic E-state index is 11.8. The Morgan fingerprint density at radius 3 is 2.46 bits per heavy atom. The number of hydrogen-bond donors (Lipinski definition) is 2. The van der Waals surface area contributed by atoms with E-state index in [1.54, 1.807) is 32.2 Å². The number of methoxy groups -OCH3 is 1. The van der Waals surface area contributed by atoms with Crippen LogP contribution < -0.4 is 20.1 Å². The van der Waals surface area contributed by atoms with Crippen LogP contribution in [-0.4, -0.2) is 37.4 Å². The molecule has 0 unspecified atom stereocenters. The molecular formula is C20H23ClN2O4S. The Kier molecular flexibility index (Phi) is 8.35. The Balaban J connectivity index is 1.83. The normalized spacial score (nSPS) is 11.3. The molecule has 28 heavy (non-hydrogen) atoms. The molecule has 1 atom stereocenters. The van der Waals surface area contributed by atoms with E-state index >= 15 is 0 Å². The van der Waals surface area contributed by atoms with E-state index in [4.69, 9.17) is 38.0 Å². The number of rotatable bonds is 8. The standard InChI is InChI=1S/C20H23ClN2O4S/c1-4-26-19(24)17-10-5-14(11-18(17)21)23-20(28)22-13(2)12-27-16-8-6-15(25-3)7-9-16/h5-11,13H,4,12H2,1-3H3,(H2,22,23,28)/t13-/m1/s1. The molecule has 6 nitrogen and oxygen atoms in total. The Morgan fingerprint density at radius 1 is 1.18 bits per heavy atom. The molecule has 0 amide bonds. The lowest BCUT2D eigenvalue weighted by Gasteiger charge is -2.18. The maximum Gasteiger partial charge on any atom is 0.339 e. The quantitative estimate of drug-likeness (QED) is 0.486. The summed E-state index contributed by atoms with van der Waals surface area (Å²) in [7, 11) is 1.62. The summed E-state index contributed by atoms with van der Waals surface area (Å²) in [6.07, 6.45) is 0. The van der Waals surface area contributed by atoms with Crippen molar-refractivity contribution in [2.75, 3.05) is 25.6 Å². The van der Waals surface area contributed by atoms with E-state index in [2.05, 4.69) is 10.6 Å². The molecule has 0 aromatic heterocycles. The molecule has 0 spiro atoms. The van der Waals surface area contributed by atoms with Crippen LogP contribution in [0, 0.1) is 0 Å². The molecule has 0 aliphatic carbocycles. The number of carbonyl (C=O) groups excluding carboxylic acids is 1. The van der Waals surface area contributed by atoms with Crippen molar-refractivity contribution in [1.29, 1.82) is 0 Å². The number of thiocarbonyl (C=S) groups is 1. The van der Waals surface area contributed by atoms with Gasteiger partial charge in [-0.25, -0.2) is 4.79 Å². The van der Waals surface area contributed by atoms with Crippen molar-refractivity contribution in [2.24, 2.45) is 0 Å². The predicted molar refractivity (Wildman–Crippen MR) is 115 cm³/mol. The summed E-state index contributed by atoms with van der Waals surface area (Å²) < 4.78 is 15.8. The minimum Gasteiger partial charge on any atom is -0.497 e. The molecule has 0 aliphatic heterocycles. The molecule has 0 radical (unpaired) electrons. The van der Waals surface area contributed by atoms with Gasteiger partial charge in [0.15, 0.2) is 5.11 Å². The molecule has 8 heteroatoms. The highest BCUT2D eigenvalue weighted by molar-refractivity contribution is 7.80. The number of hydrogen-bond acceptors (Lipinski definition) is 5. The summed E-state index contributed by atoms with van der Waals surface area (Å²) in [5.74, 6) is 1.07. The van der Waals surface area contributed by atoms with Gasteiger partial charge in [0.25, 0.3) is 0 Å². The van der Waals surface area contributed by atoms with Crippen LogP contribution in [0.2, 0.25) is 5.02 Å². The van der Waals surface area contributed by atoms with Gasteiger partial charge in [-0.15, -0.1) is 0 Å². The van der Waals surface area contributed by atoms with E-state index in [-0.39, 0.29) is 6.04 Å². The van der Waals surface area contributed by atoms with E-state index in [0.29, 0.717) is 34.6 Å². The first kappa shape index (κ1) is 21.8. The fourth-order valence-electron chi connectivity index (χ4n) is 2.29. The number of esters is 1. The van der Waals surface area contributed by atoms with Gasteiger partial charge in [-0.05, 0) is 68.5 Å². The van der Waals surface area contributed by atoms with Crippen molar-refractivity contribution in [1.82, 2.24) is 5.32 Å². The smallest absolute Gasteiger partial charge is 0.339 e. The van der Waals surface area contributed by atoms with Crippen molar-refractivity contribution >= 4 is 40.6 Å². The first-order chi connectivity index (χ1) is 13.4. The summed E-state index contributed by atoms with van der Waals surface area (Å²) in [5.41, 5.74) is 0.980. The number of carbonyl (C=O) groups is 1. The largest absolute Gasteiger partial charge is 0.497 e. The molecular weight excluding hydrogens is 400 g/mol. The lowest BCUT2D eigenvalue weighted by atomic mass is 10.2. The van der Waals surface area contributed by atoms with E-state index in [1.807, 2.05) is 31.2 Å². The number of anilines is 1. The van der Waals surface area contributed by atoms with E-state index in [1.165, 1.54) is 0 Å². The second-order valence-corrected chi connectivity index (χ2v) is 6.72. The second kappa shape index (κ2) is 10.7. The lowest BCUT2D eigenvalue weighted by Crippen LogP contribution is -2.39. The molecule has 2 aromatic carbocycles. The monoisotopic (exact) mass is 422 g/mol. The fraction of sp³-hybridized carbons (Fsp3) is 0.300. The van der Waals surface area contributed by atoms with Crippen molar-refractivity contribution in [2.45, 2.75) is 19.9 Å². The zero-order valence-electron chi connectivity index (χ0n) is 16.0. The fourth-order valence-corrected chi connectivity index (χ4v) is 2.87. The average Bonchev–Trinajstić information content (AvgIpc) is 2.67. The van der Waals surface area contributed by atoms with Gasteiger partial charge in [-0.3, -0.25) is 0 Å². The SMILES string of the molecule is CCOC(=O)c1ccc(NC(=S)N[C@H](C)COc2ccc(OC)cc2)cc1Cl. The lowest BCUT2D eigenvalue weighted by molar-refractivity contribution is 0.0526. The van der Waals surface area contributed by atoms with Gasteiger partial charge in [0.05, 0.1) is 30.3 Å². The summed E-state index contributed by atoms with van der Waals surface area (Å²) in [6, 6.07) is 12.3. The number of benzene rings is 2. The van der Waals surface area contributed by atoms with Gasteiger partial charge in [0, 0.05) is 5.69 Å². The first-order valence-electron chi connectivity index (χ1n) is 8.74. The van der Waals surface area contributed by atoms with Crippen LogP contribution in [0.3, 0.4) is 0 Å². The minimum atomic E-state index is -0.455. The summed E-state index contributed by atoms with van der Waals surface area (Å²) >= 11 is 11.5. The highest BCUT2D eigenvalue weighted by atomic mass is 35.5. The number of ether oxygens (including phenoxy) is 3. The molecule has 0 aliphatic rings. The third kappa shape index (κ3) is 6.58. The zero-order chi connectivity index (χ0) is 20.5. The van der Waals surface area contributed by atoms with Gasteiger partial charge in [-0.1, -0.05) is 11.6 Å². The summed E-state index contributed by atoms with van der Waals surface area (Å²) in [5, 5.41) is 6.89. The third-order valence-corrected chi connectivity index (χ3v) is 4.19. The molecule has 150 valence electrons. The number of halogens is 1. The van der Waals surface area contributed by atoms with E-state index < -0.39 is 5.97 Å². The van der Waals surface area contributed by atoms with Crippen LogP contribution in [0.15, 0.2) is 42.5 Å². The molecule has 0 saturated carbocycles. The van der Waals surface area contributed by atoms with Crippen LogP contribution in [0.25, 0.3) is 0 Å². The van der Waals surface area contributed by atoms with Gasteiger partial charge in [0.1, 0.15) is 18.1 Å². The van der Waals surface area contributed by atoms with Crippen molar-refractivity contribution < 1.29 is 19.0 Å². The third-order valence-electron chi connectivity index (χ3n) is 3.66. The first-order valence-corrected chi connectivity index (χ1v) is 9.52. The van der Waals surface area contributed by atoms with Gasteiger partial charge in [-0.2, -0.15) is 0 Å². The average molecular weight is 423 g/mol. The van der Waals surface area contributed by atoms with Crippen molar-refractivity contribution in [3.05, 3.63) is 53.1 Å². The minimum absolute atomic E-state index is 0.0311. The molecule has 2 N–H and O–H groups in total. The topological polar surface area (TPSA) is 68.8 Å². The molecule has 0 fully saturated rings. The van der Waals surface area contributed by atoms with Crippen LogP contribution in [-0.2, 0) is 4.74 Å². The van der Waals surface area contributed by atoms with Crippen molar-refractivity contribution in [3.8, 4) is 11.5 Å². The molecule has 2 rings (SSSR count). The van der Waals surface area contributed by atoms with E-state index in [0.717, 1.165) is 11.5 Å².